The second-order valence-electron chi connectivity index (χ2n) is 3.86. The molecule has 0 amide bonds. The van der Waals surface area contributed by atoms with Crippen LogP contribution in [0.1, 0.15) is 16.1 Å². The quantitative estimate of drug-likeness (QED) is 0.797. The van der Waals surface area contributed by atoms with E-state index in [1.165, 1.54) is 6.26 Å². The average molecular weight is 280 g/mol. The number of hydrogen-bond donors (Lipinski definition) is 1. The summed E-state index contributed by atoms with van der Waals surface area (Å²) in [6.07, 6.45) is 1.35. The molecule has 0 atom stereocenters. The molecule has 2 rings (SSSR count). The predicted octanol–water partition coefficient (Wildman–Crippen LogP) is 0.977. The van der Waals surface area contributed by atoms with Gasteiger partial charge in [0.25, 0.3) is 0 Å². The van der Waals surface area contributed by atoms with Crippen LogP contribution in [0, 0.1) is 0 Å². The average Bonchev–Trinajstić information content (AvgIpc) is 2.90. The Morgan fingerprint density at radius 1 is 1.21 bits per heavy atom. The van der Waals surface area contributed by atoms with Crippen molar-refractivity contribution in [2.75, 3.05) is 5.75 Å². The number of nitrogens with zero attached hydrogens (tertiary/aromatic N) is 1. The summed E-state index contributed by atoms with van der Waals surface area (Å²) in [6.45, 7) is 0.000896. The number of ketones is 1. The number of nitrogens with one attached hydrogen (secondary N) is 1. The molecule has 7 heteroatoms. The lowest BCUT2D eigenvalue weighted by Gasteiger charge is -2.04. The Balaban J connectivity index is 1.96. The van der Waals surface area contributed by atoms with E-state index in [9.17, 15) is 13.2 Å². The number of benzene rings is 1. The van der Waals surface area contributed by atoms with Crippen LogP contribution in [-0.4, -0.2) is 25.1 Å². The molecule has 0 saturated heterocycles. The molecule has 1 N–H and O–H groups in total. The van der Waals surface area contributed by atoms with Gasteiger partial charge in [-0.05, 0) is 0 Å². The molecule has 2 aromatic rings. The SMILES string of the molecule is O=C(CS(=O)(=O)NCc1ccon1)c1ccccc1. The summed E-state index contributed by atoms with van der Waals surface area (Å²) in [4.78, 5) is 11.8. The molecule has 0 spiro atoms. The van der Waals surface area contributed by atoms with Crippen molar-refractivity contribution in [2.45, 2.75) is 6.54 Å². The number of sulfonamides is 1. The molecule has 1 heterocycles. The second-order valence-corrected chi connectivity index (χ2v) is 5.67. The molecule has 1 aromatic heterocycles. The van der Waals surface area contributed by atoms with E-state index in [0.29, 0.717) is 11.3 Å². The number of rotatable bonds is 6. The zero-order valence-corrected chi connectivity index (χ0v) is 10.8. The minimum atomic E-state index is -3.69. The molecule has 1 aromatic carbocycles. The Morgan fingerprint density at radius 2 is 1.95 bits per heavy atom. The van der Waals surface area contributed by atoms with Crippen molar-refractivity contribution in [3.05, 3.63) is 53.9 Å². The molecule has 6 nitrogen and oxygen atoms in total. The molecular weight excluding hydrogens is 268 g/mol. The van der Waals surface area contributed by atoms with E-state index in [1.807, 2.05) is 0 Å². The molecule has 0 saturated carbocycles. The van der Waals surface area contributed by atoms with Gasteiger partial charge in [0.2, 0.25) is 10.0 Å². The predicted molar refractivity (Wildman–Crippen MR) is 67.9 cm³/mol. The number of carbonyl (C=O) groups excluding carboxylic acids is 1. The van der Waals surface area contributed by atoms with Gasteiger partial charge in [-0.1, -0.05) is 35.5 Å². The maximum atomic E-state index is 11.8. The normalized spacial score (nSPS) is 11.4. The monoisotopic (exact) mass is 280 g/mol. The van der Waals surface area contributed by atoms with Gasteiger partial charge in [-0.25, -0.2) is 13.1 Å². The summed E-state index contributed by atoms with van der Waals surface area (Å²) < 4.78 is 30.3. The lowest BCUT2D eigenvalue weighted by Crippen LogP contribution is -2.29. The summed E-state index contributed by atoms with van der Waals surface area (Å²) >= 11 is 0. The molecule has 0 aliphatic heterocycles. The Hall–Kier alpha value is -1.99. The van der Waals surface area contributed by atoms with Gasteiger partial charge in [-0.2, -0.15) is 0 Å². The van der Waals surface area contributed by atoms with Crippen LogP contribution in [0.2, 0.25) is 0 Å². The third-order valence-corrected chi connectivity index (χ3v) is 3.61. The van der Waals surface area contributed by atoms with E-state index < -0.39 is 21.6 Å². The van der Waals surface area contributed by atoms with Crippen molar-refractivity contribution in [3.63, 3.8) is 0 Å². The zero-order valence-electron chi connectivity index (χ0n) is 9.94. The maximum absolute atomic E-state index is 11.8. The van der Waals surface area contributed by atoms with Gasteiger partial charge in [-0.3, -0.25) is 4.79 Å². The van der Waals surface area contributed by atoms with Crippen LogP contribution in [0.4, 0.5) is 0 Å². The fourth-order valence-electron chi connectivity index (χ4n) is 1.44. The van der Waals surface area contributed by atoms with Gasteiger partial charge < -0.3 is 4.52 Å². The first-order valence-corrected chi connectivity index (χ1v) is 7.17. The van der Waals surface area contributed by atoms with Crippen LogP contribution < -0.4 is 4.72 Å². The van der Waals surface area contributed by atoms with Crippen molar-refractivity contribution in [3.8, 4) is 0 Å². The number of Topliss-reactive ketones (excluding diaryl/α,β-unsaturated/α-hetero) is 1. The molecule has 19 heavy (non-hydrogen) atoms. The van der Waals surface area contributed by atoms with Crippen molar-refractivity contribution >= 4 is 15.8 Å². The van der Waals surface area contributed by atoms with Gasteiger partial charge in [0, 0.05) is 11.6 Å². The van der Waals surface area contributed by atoms with E-state index in [-0.39, 0.29) is 6.54 Å². The summed E-state index contributed by atoms with van der Waals surface area (Å²) in [5.74, 6) is -1.04. The lowest BCUT2D eigenvalue weighted by atomic mass is 10.2. The molecule has 0 aliphatic carbocycles. The van der Waals surface area contributed by atoms with E-state index in [4.69, 9.17) is 0 Å². The lowest BCUT2D eigenvalue weighted by molar-refractivity contribution is 0.102. The van der Waals surface area contributed by atoms with E-state index >= 15 is 0 Å². The van der Waals surface area contributed by atoms with Gasteiger partial charge in [0.1, 0.15) is 12.0 Å². The summed E-state index contributed by atoms with van der Waals surface area (Å²) in [6, 6.07) is 9.83. The number of aromatic nitrogens is 1. The van der Waals surface area contributed by atoms with Crippen LogP contribution in [0.5, 0.6) is 0 Å². The minimum Gasteiger partial charge on any atom is -0.364 e. The fourth-order valence-corrected chi connectivity index (χ4v) is 2.43. The zero-order chi connectivity index (χ0) is 13.7. The Bertz CT molecular complexity index is 636. The van der Waals surface area contributed by atoms with E-state index in [0.717, 1.165) is 0 Å². The molecule has 0 unspecified atom stereocenters. The molecule has 0 bridgehead atoms. The second kappa shape index (κ2) is 5.77. The first-order chi connectivity index (χ1) is 9.07. The van der Waals surface area contributed by atoms with Crippen LogP contribution in [-0.2, 0) is 16.6 Å². The Morgan fingerprint density at radius 3 is 2.58 bits per heavy atom. The van der Waals surface area contributed by atoms with Gasteiger partial charge in [0.05, 0.1) is 12.2 Å². The van der Waals surface area contributed by atoms with Gasteiger partial charge in [0.15, 0.2) is 5.78 Å². The molecule has 0 aliphatic rings. The van der Waals surface area contributed by atoms with E-state index in [1.54, 1.807) is 36.4 Å². The topological polar surface area (TPSA) is 89.3 Å². The number of hydrogen-bond acceptors (Lipinski definition) is 5. The van der Waals surface area contributed by atoms with Crippen LogP contribution in [0.3, 0.4) is 0 Å². The van der Waals surface area contributed by atoms with Crippen LogP contribution >= 0.6 is 0 Å². The summed E-state index contributed by atoms with van der Waals surface area (Å²) in [5, 5.41) is 3.57. The third kappa shape index (κ3) is 4.01. The fraction of sp³-hybridized carbons (Fsp3) is 0.167. The molecule has 0 fully saturated rings. The van der Waals surface area contributed by atoms with Gasteiger partial charge in [-0.15, -0.1) is 0 Å². The van der Waals surface area contributed by atoms with E-state index in [2.05, 4.69) is 14.4 Å². The highest BCUT2D eigenvalue weighted by Gasteiger charge is 2.17. The Kier molecular flexibility index (Phi) is 4.08. The maximum Gasteiger partial charge on any atom is 0.219 e. The van der Waals surface area contributed by atoms with Gasteiger partial charge >= 0.3 is 0 Å². The van der Waals surface area contributed by atoms with Crippen LogP contribution in [0.15, 0.2) is 47.2 Å². The minimum absolute atomic E-state index is 0.000896. The third-order valence-electron chi connectivity index (χ3n) is 2.38. The number of carbonyl (C=O) groups is 1. The van der Waals surface area contributed by atoms with Crippen molar-refractivity contribution in [1.82, 2.24) is 9.88 Å². The standard InChI is InChI=1S/C12H12N2O4S/c15-12(10-4-2-1-3-5-10)9-19(16,17)13-8-11-6-7-18-14-11/h1-7,13H,8-9H2. The highest BCUT2D eigenvalue weighted by molar-refractivity contribution is 7.90. The summed E-state index contributed by atoms with van der Waals surface area (Å²) in [7, 11) is -3.69. The smallest absolute Gasteiger partial charge is 0.219 e. The largest absolute Gasteiger partial charge is 0.364 e. The highest BCUT2D eigenvalue weighted by atomic mass is 32.2. The van der Waals surface area contributed by atoms with Crippen molar-refractivity contribution < 1.29 is 17.7 Å². The molecule has 0 radical (unpaired) electrons. The highest BCUT2D eigenvalue weighted by Crippen LogP contribution is 2.02. The molecular formula is C12H12N2O4S. The first kappa shape index (κ1) is 13.4. The first-order valence-electron chi connectivity index (χ1n) is 5.52. The van der Waals surface area contributed by atoms with Crippen LogP contribution in [0.25, 0.3) is 0 Å². The molecule has 100 valence electrons. The van der Waals surface area contributed by atoms with Crippen molar-refractivity contribution in [1.29, 1.82) is 0 Å². The van der Waals surface area contributed by atoms with Crippen molar-refractivity contribution in [2.24, 2.45) is 0 Å². The summed E-state index contributed by atoms with van der Waals surface area (Å²) in [5.41, 5.74) is 0.824. The Labute approximate surface area is 110 Å².